The Kier molecular flexibility index (Phi) is 7.29. The van der Waals surface area contributed by atoms with Crippen LogP contribution in [0.5, 0.6) is 0 Å². The van der Waals surface area contributed by atoms with Crippen LogP contribution in [0.3, 0.4) is 0 Å². The van der Waals surface area contributed by atoms with E-state index in [0.717, 1.165) is 25.0 Å². The average molecular weight is 487 g/mol. The number of imidazole rings is 1. The highest BCUT2D eigenvalue weighted by atomic mass is 32.2. The van der Waals surface area contributed by atoms with E-state index >= 15 is 0 Å². The number of thiocarbonyl (C=S) groups is 1. The Bertz CT molecular complexity index is 1090. The van der Waals surface area contributed by atoms with Crippen LogP contribution in [0.25, 0.3) is 0 Å². The normalized spacial score (nSPS) is 14.2. The molecule has 1 fully saturated rings. The molecule has 1 heterocycles. The second-order valence-electron chi connectivity index (χ2n) is 7.60. The van der Waals surface area contributed by atoms with Crippen LogP contribution in [-0.4, -0.2) is 41.1 Å². The maximum absolute atomic E-state index is 13.1. The van der Waals surface area contributed by atoms with Crippen molar-refractivity contribution < 1.29 is 21.6 Å². The number of rotatable bonds is 9. The monoisotopic (exact) mass is 486 g/mol. The fourth-order valence-electron chi connectivity index (χ4n) is 3.40. The van der Waals surface area contributed by atoms with E-state index in [1.807, 2.05) is 11.8 Å². The number of hydrogen-bond acceptors (Lipinski definition) is 4. The van der Waals surface area contributed by atoms with Gasteiger partial charge in [-0.25, -0.2) is 13.4 Å². The van der Waals surface area contributed by atoms with Crippen molar-refractivity contribution in [3.63, 3.8) is 0 Å². The lowest BCUT2D eigenvalue weighted by Crippen LogP contribution is -2.39. The molecule has 0 unspecified atom stereocenters. The van der Waals surface area contributed by atoms with Gasteiger partial charge in [0.15, 0.2) is 5.11 Å². The van der Waals surface area contributed by atoms with Crippen molar-refractivity contribution in [3.8, 4) is 0 Å². The highest BCUT2D eigenvalue weighted by Gasteiger charge is 2.35. The fourth-order valence-corrected chi connectivity index (χ4v) is 5.21. The lowest BCUT2D eigenvalue weighted by Gasteiger charge is -2.25. The predicted molar refractivity (Wildman–Crippen MR) is 120 cm³/mol. The molecular weight excluding hydrogens is 461 g/mol. The van der Waals surface area contributed by atoms with Crippen LogP contribution in [0.4, 0.5) is 13.2 Å². The van der Waals surface area contributed by atoms with Crippen molar-refractivity contribution in [2.24, 2.45) is 0 Å². The van der Waals surface area contributed by atoms with Gasteiger partial charge in [-0.15, -0.1) is 6.58 Å². The summed E-state index contributed by atoms with van der Waals surface area (Å²) in [7, 11) is -3.97. The first-order chi connectivity index (χ1) is 15.1. The van der Waals surface area contributed by atoms with Crippen LogP contribution in [-0.2, 0) is 28.3 Å². The van der Waals surface area contributed by atoms with Crippen molar-refractivity contribution in [2.75, 3.05) is 13.1 Å². The van der Waals surface area contributed by atoms with E-state index < -0.39 is 27.3 Å². The topological polar surface area (TPSA) is 67.2 Å². The summed E-state index contributed by atoms with van der Waals surface area (Å²) in [5.41, 5.74) is -0.140. The molecule has 2 aromatic rings. The minimum Gasteiger partial charge on any atom is -0.363 e. The molecule has 0 bridgehead atoms. The molecule has 11 heteroatoms. The molecule has 174 valence electrons. The summed E-state index contributed by atoms with van der Waals surface area (Å²) in [5.74, 6) is -0.563. The Morgan fingerprint density at radius 2 is 2.12 bits per heavy atom. The van der Waals surface area contributed by atoms with Crippen molar-refractivity contribution in [2.45, 2.75) is 49.4 Å². The summed E-state index contributed by atoms with van der Waals surface area (Å²) in [4.78, 5) is 6.02. The standard InChI is InChI=1S/C21H25F3N4O2S2/c1-3-10-27(19(31)25-4-2)13-18-12-26-20(28(18)17-8-9-17)32(29,30)14-15-6-5-7-16(11-15)21(22,23)24/h3,5-7,11-12,17H,1,4,8-10,13-14H2,2H3,(H,25,31). The molecule has 1 aliphatic rings. The van der Waals surface area contributed by atoms with Crippen LogP contribution < -0.4 is 5.32 Å². The molecule has 1 saturated carbocycles. The summed E-state index contributed by atoms with van der Waals surface area (Å²) in [6.07, 6.45) is 0.289. The third kappa shape index (κ3) is 5.69. The van der Waals surface area contributed by atoms with Gasteiger partial charge in [0.05, 0.1) is 29.8 Å². The Morgan fingerprint density at radius 3 is 2.72 bits per heavy atom. The molecule has 0 saturated heterocycles. The van der Waals surface area contributed by atoms with Gasteiger partial charge in [-0.1, -0.05) is 24.3 Å². The Hall–Kier alpha value is -2.40. The molecule has 3 rings (SSSR count). The molecule has 1 aliphatic carbocycles. The van der Waals surface area contributed by atoms with E-state index in [-0.39, 0.29) is 16.8 Å². The van der Waals surface area contributed by atoms with E-state index in [1.54, 1.807) is 10.6 Å². The molecule has 0 amide bonds. The molecule has 32 heavy (non-hydrogen) atoms. The van der Waals surface area contributed by atoms with Gasteiger partial charge < -0.3 is 14.8 Å². The zero-order chi connectivity index (χ0) is 23.5. The molecule has 1 aromatic heterocycles. The minimum atomic E-state index is -4.54. The summed E-state index contributed by atoms with van der Waals surface area (Å²) in [6, 6.07) is 4.36. The lowest BCUT2D eigenvalue weighted by molar-refractivity contribution is -0.137. The van der Waals surface area contributed by atoms with Gasteiger partial charge in [0.1, 0.15) is 0 Å². The van der Waals surface area contributed by atoms with Gasteiger partial charge in [-0.05, 0) is 43.6 Å². The summed E-state index contributed by atoms with van der Waals surface area (Å²) >= 11 is 5.40. The molecule has 0 radical (unpaired) electrons. The van der Waals surface area contributed by atoms with Crippen LogP contribution in [0.1, 0.15) is 42.6 Å². The first-order valence-corrected chi connectivity index (χ1v) is 12.2. The number of hydrogen-bond donors (Lipinski definition) is 1. The molecular formula is C21H25F3N4O2S2. The van der Waals surface area contributed by atoms with Gasteiger partial charge in [-0.2, -0.15) is 13.2 Å². The quantitative estimate of drug-likeness (QED) is 0.425. The lowest BCUT2D eigenvalue weighted by atomic mass is 10.1. The van der Waals surface area contributed by atoms with E-state index in [0.29, 0.717) is 30.4 Å². The summed E-state index contributed by atoms with van der Waals surface area (Å²) in [5, 5.41) is 3.47. The van der Waals surface area contributed by atoms with Gasteiger partial charge in [0.25, 0.3) is 0 Å². The van der Waals surface area contributed by atoms with Crippen molar-refractivity contribution in [1.82, 2.24) is 19.8 Å². The molecule has 0 atom stereocenters. The Balaban J connectivity index is 1.91. The molecule has 6 nitrogen and oxygen atoms in total. The van der Waals surface area contributed by atoms with Crippen LogP contribution in [0, 0.1) is 0 Å². The van der Waals surface area contributed by atoms with Crippen molar-refractivity contribution in [1.29, 1.82) is 0 Å². The largest absolute Gasteiger partial charge is 0.416 e. The van der Waals surface area contributed by atoms with Crippen LogP contribution in [0.2, 0.25) is 0 Å². The predicted octanol–water partition coefficient (Wildman–Crippen LogP) is 4.09. The zero-order valence-corrected chi connectivity index (χ0v) is 19.2. The van der Waals surface area contributed by atoms with E-state index in [9.17, 15) is 21.6 Å². The fraction of sp³-hybridized carbons (Fsp3) is 0.429. The van der Waals surface area contributed by atoms with Crippen molar-refractivity contribution >= 4 is 27.2 Å². The van der Waals surface area contributed by atoms with Gasteiger partial charge in [0.2, 0.25) is 15.0 Å². The van der Waals surface area contributed by atoms with Gasteiger partial charge >= 0.3 is 6.18 Å². The van der Waals surface area contributed by atoms with E-state index in [4.69, 9.17) is 12.2 Å². The molecule has 0 aliphatic heterocycles. The zero-order valence-electron chi connectivity index (χ0n) is 17.6. The first-order valence-electron chi connectivity index (χ1n) is 10.2. The number of aromatic nitrogens is 2. The molecule has 1 N–H and O–H groups in total. The smallest absolute Gasteiger partial charge is 0.363 e. The second-order valence-corrected chi connectivity index (χ2v) is 9.87. The number of nitrogens with zero attached hydrogens (tertiary/aromatic N) is 3. The maximum atomic E-state index is 13.1. The third-order valence-electron chi connectivity index (χ3n) is 4.96. The third-order valence-corrected chi connectivity index (χ3v) is 6.93. The number of nitrogens with one attached hydrogen (secondary N) is 1. The van der Waals surface area contributed by atoms with E-state index in [1.165, 1.54) is 18.3 Å². The first kappa shape index (κ1) is 24.2. The number of alkyl halides is 3. The van der Waals surface area contributed by atoms with Crippen LogP contribution in [0.15, 0.2) is 48.3 Å². The number of benzene rings is 1. The summed E-state index contributed by atoms with van der Waals surface area (Å²) < 4.78 is 67.0. The second kappa shape index (κ2) is 9.62. The van der Waals surface area contributed by atoms with E-state index in [2.05, 4.69) is 16.9 Å². The number of halogens is 3. The SMILES string of the molecule is C=CCN(Cc1cnc(S(=O)(=O)Cc2cccc(C(F)(F)F)c2)n1C1CC1)C(=S)NCC. The van der Waals surface area contributed by atoms with Crippen molar-refractivity contribution in [3.05, 3.63) is 59.9 Å². The summed E-state index contributed by atoms with van der Waals surface area (Å²) in [6.45, 7) is 7.11. The Morgan fingerprint density at radius 1 is 1.41 bits per heavy atom. The average Bonchev–Trinajstić information content (AvgIpc) is 3.46. The highest BCUT2D eigenvalue weighted by Crippen LogP contribution is 2.39. The molecule has 1 aromatic carbocycles. The number of sulfone groups is 1. The minimum absolute atomic E-state index is 0.00271. The maximum Gasteiger partial charge on any atom is 0.416 e. The van der Waals surface area contributed by atoms with Crippen LogP contribution >= 0.6 is 12.2 Å². The highest BCUT2D eigenvalue weighted by molar-refractivity contribution is 7.90. The van der Waals surface area contributed by atoms with Gasteiger partial charge in [-0.3, -0.25) is 0 Å². The Labute approximate surface area is 191 Å². The molecule has 0 spiro atoms. The van der Waals surface area contributed by atoms with Gasteiger partial charge in [0, 0.05) is 19.1 Å².